The van der Waals surface area contributed by atoms with Crippen LogP contribution in [-0.4, -0.2) is 19.9 Å². The average molecular weight is 354 g/mol. The number of halogens is 1. The first-order valence-corrected chi connectivity index (χ1v) is 6.20. The number of hydrogen-bond donors (Lipinski definition) is 3. The van der Waals surface area contributed by atoms with Crippen LogP contribution in [0.25, 0.3) is 22.6 Å². The molecular weight excluding hydrogens is 347 g/mol. The Kier molecular flexibility index (Phi) is 2.54. The Labute approximate surface area is 114 Å². The van der Waals surface area contributed by atoms with Crippen molar-refractivity contribution in [3.63, 3.8) is 0 Å². The van der Waals surface area contributed by atoms with Crippen molar-refractivity contribution in [2.24, 2.45) is 0 Å². The highest BCUT2D eigenvalue weighted by atomic mass is 127. The number of hydrogen-bond acceptors (Lipinski definition) is 3. The highest BCUT2D eigenvalue weighted by molar-refractivity contribution is 14.1. The van der Waals surface area contributed by atoms with Crippen LogP contribution >= 0.6 is 22.6 Å². The van der Waals surface area contributed by atoms with Gasteiger partial charge in [0.1, 0.15) is 11.3 Å². The van der Waals surface area contributed by atoms with E-state index in [2.05, 4.69) is 42.5 Å². The molecule has 90 valence electrons. The number of aromatic amines is 3. The lowest BCUT2D eigenvalue weighted by Gasteiger charge is -1.98. The van der Waals surface area contributed by atoms with E-state index in [0.717, 1.165) is 9.13 Å². The minimum atomic E-state index is -0.562. The molecule has 7 heteroatoms. The van der Waals surface area contributed by atoms with Crippen molar-refractivity contribution in [2.75, 3.05) is 0 Å². The first-order valence-electron chi connectivity index (χ1n) is 5.12. The van der Waals surface area contributed by atoms with Crippen molar-refractivity contribution in [2.45, 2.75) is 0 Å². The number of rotatable bonds is 1. The fourth-order valence-corrected chi connectivity index (χ4v) is 2.36. The molecule has 0 aliphatic carbocycles. The lowest BCUT2D eigenvalue weighted by atomic mass is 10.2. The molecule has 0 amide bonds. The second-order valence-corrected chi connectivity index (χ2v) is 4.86. The summed E-state index contributed by atoms with van der Waals surface area (Å²) in [4.78, 5) is 34.5. The fraction of sp³-hybridized carbons (Fsp3) is 0. The van der Waals surface area contributed by atoms with Crippen molar-refractivity contribution in [1.29, 1.82) is 0 Å². The minimum absolute atomic E-state index is 0.262. The number of imidazole rings is 1. The van der Waals surface area contributed by atoms with E-state index in [0.29, 0.717) is 5.82 Å². The Morgan fingerprint density at radius 2 is 1.83 bits per heavy atom. The molecule has 6 nitrogen and oxygen atoms in total. The van der Waals surface area contributed by atoms with Crippen LogP contribution in [0.5, 0.6) is 0 Å². The van der Waals surface area contributed by atoms with Gasteiger partial charge in [0.15, 0.2) is 5.65 Å². The van der Waals surface area contributed by atoms with Crippen LogP contribution in [0, 0.1) is 3.57 Å². The summed E-state index contributed by atoms with van der Waals surface area (Å²) in [6, 6.07) is 7.64. The molecule has 2 heterocycles. The first-order chi connectivity index (χ1) is 8.65. The number of nitrogens with one attached hydrogen (secondary N) is 3. The van der Waals surface area contributed by atoms with Crippen LogP contribution in [0.3, 0.4) is 0 Å². The van der Waals surface area contributed by atoms with Crippen LogP contribution in [0.2, 0.25) is 0 Å². The maximum absolute atomic E-state index is 11.6. The van der Waals surface area contributed by atoms with E-state index in [-0.39, 0.29) is 11.2 Å². The standard InChI is InChI=1S/C11H7IN4O2/c12-6-4-2-1-3-5(6)8-13-7-9(14-8)15-11(18)16-10(7)17/h1-4H,(H3,13,14,15,16,17,18). The summed E-state index contributed by atoms with van der Waals surface area (Å²) in [7, 11) is 0. The molecule has 0 saturated carbocycles. The summed E-state index contributed by atoms with van der Waals surface area (Å²) >= 11 is 2.19. The van der Waals surface area contributed by atoms with Crippen LogP contribution in [0.1, 0.15) is 0 Å². The average Bonchev–Trinajstić information content (AvgIpc) is 2.73. The van der Waals surface area contributed by atoms with E-state index in [9.17, 15) is 9.59 Å². The number of benzene rings is 1. The molecule has 0 saturated heterocycles. The molecular formula is C11H7IN4O2. The molecule has 0 fully saturated rings. The van der Waals surface area contributed by atoms with Crippen LogP contribution in [0.4, 0.5) is 0 Å². The largest absolute Gasteiger partial charge is 0.332 e. The third kappa shape index (κ3) is 1.76. The van der Waals surface area contributed by atoms with Gasteiger partial charge in [-0.1, -0.05) is 18.2 Å². The van der Waals surface area contributed by atoms with Crippen molar-refractivity contribution < 1.29 is 0 Å². The molecule has 0 unspecified atom stereocenters. The van der Waals surface area contributed by atoms with Crippen LogP contribution in [0.15, 0.2) is 33.9 Å². The van der Waals surface area contributed by atoms with Crippen LogP contribution < -0.4 is 11.2 Å². The maximum atomic E-state index is 11.6. The van der Waals surface area contributed by atoms with Gasteiger partial charge < -0.3 is 4.98 Å². The third-order valence-electron chi connectivity index (χ3n) is 2.52. The lowest BCUT2D eigenvalue weighted by Crippen LogP contribution is -2.21. The maximum Gasteiger partial charge on any atom is 0.327 e. The van der Waals surface area contributed by atoms with E-state index in [1.807, 2.05) is 24.3 Å². The molecule has 0 bridgehead atoms. The van der Waals surface area contributed by atoms with Gasteiger partial charge in [0, 0.05) is 9.13 Å². The Hall–Kier alpha value is -1.90. The number of fused-ring (bicyclic) bond motifs is 1. The quantitative estimate of drug-likeness (QED) is 0.574. The van der Waals surface area contributed by atoms with E-state index >= 15 is 0 Å². The minimum Gasteiger partial charge on any atom is -0.332 e. The highest BCUT2D eigenvalue weighted by Gasteiger charge is 2.10. The summed E-state index contributed by atoms with van der Waals surface area (Å²) in [5.41, 5.74) is 0.379. The second kappa shape index (κ2) is 4.09. The van der Waals surface area contributed by atoms with Gasteiger partial charge in [0.2, 0.25) is 0 Å². The fourth-order valence-electron chi connectivity index (χ4n) is 1.71. The molecule has 3 N–H and O–H groups in total. The lowest BCUT2D eigenvalue weighted by molar-refractivity contribution is 1.07. The highest BCUT2D eigenvalue weighted by Crippen LogP contribution is 2.22. The predicted octanol–water partition coefficient (Wildman–Crippen LogP) is 1.21. The van der Waals surface area contributed by atoms with Gasteiger partial charge in [0.05, 0.1) is 0 Å². The van der Waals surface area contributed by atoms with Gasteiger partial charge in [0.25, 0.3) is 5.56 Å². The zero-order valence-electron chi connectivity index (χ0n) is 8.95. The van der Waals surface area contributed by atoms with Gasteiger partial charge >= 0.3 is 5.69 Å². The second-order valence-electron chi connectivity index (χ2n) is 3.70. The Bertz CT molecular complexity index is 846. The van der Waals surface area contributed by atoms with Gasteiger partial charge in [-0.15, -0.1) is 0 Å². The molecule has 1 aromatic carbocycles. The molecule has 0 spiro atoms. The molecule has 2 aromatic heterocycles. The number of aromatic nitrogens is 4. The SMILES string of the molecule is O=c1[nH]c(=O)c2[nH]c(-c3ccccc3I)nc2[nH]1. The molecule has 3 aromatic rings. The molecule has 0 aliphatic heterocycles. The first kappa shape index (κ1) is 11.2. The van der Waals surface area contributed by atoms with Gasteiger partial charge in [-0.2, -0.15) is 0 Å². The Morgan fingerprint density at radius 1 is 1.06 bits per heavy atom. The summed E-state index contributed by atoms with van der Waals surface area (Å²) < 4.78 is 1.01. The predicted molar refractivity (Wildman–Crippen MR) is 75.5 cm³/mol. The number of H-pyrrole nitrogens is 3. The van der Waals surface area contributed by atoms with Gasteiger partial charge in [-0.05, 0) is 28.7 Å². The van der Waals surface area contributed by atoms with E-state index in [4.69, 9.17) is 0 Å². The Balaban J connectivity index is 2.33. The summed E-state index contributed by atoms with van der Waals surface area (Å²) in [6.07, 6.45) is 0. The van der Waals surface area contributed by atoms with Gasteiger partial charge in [-0.3, -0.25) is 14.8 Å². The molecule has 0 radical (unpaired) electrons. The monoisotopic (exact) mass is 354 g/mol. The van der Waals surface area contributed by atoms with Crippen molar-refractivity contribution in [3.05, 3.63) is 48.7 Å². The zero-order valence-corrected chi connectivity index (χ0v) is 11.1. The summed E-state index contributed by atoms with van der Waals surface area (Å²) in [5, 5.41) is 0. The normalized spacial score (nSPS) is 10.9. The molecule has 0 atom stereocenters. The van der Waals surface area contributed by atoms with E-state index < -0.39 is 11.2 Å². The van der Waals surface area contributed by atoms with Crippen molar-refractivity contribution in [3.8, 4) is 11.4 Å². The van der Waals surface area contributed by atoms with E-state index in [1.54, 1.807) is 0 Å². The van der Waals surface area contributed by atoms with Gasteiger partial charge in [-0.25, -0.2) is 9.78 Å². The van der Waals surface area contributed by atoms with Crippen molar-refractivity contribution >= 4 is 33.8 Å². The number of nitrogens with zero attached hydrogens (tertiary/aromatic N) is 1. The third-order valence-corrected chi connectivity index (χ3v) is 3.46. The van der Waals surface area contributed by atoms with Crippen molar-refractivity contribution in [1.82, 2.24) is 19.9 Å². The molecule has 3 rings (SSSR count). The zero-order chi connectivity index (χ0) is 12.7. The summed E-state index contributed by atoms with van der Waals surface area (Å²) in [6.45, 7) is 0. The van der Waals surface area contributed by atoms with Crippen LogP contribution in [-0.2, 0) is 0 Å². The Morgan fingerprint density at radius 3 is 2.61 bits per heavy atom. The molecule has 0 aliphatic rings. The topological polar surface area (TPSA) is 94.4 Å². The molecule has 18 heavy (non-hydrogen) atoms. The smallest absolute Gasteiger partial charge is 0.327 e. The van der Waals surface area contributed by atoms with E-state index in [1.165, 1.54) is 0 Å². The summed E-state index contributed by atoms with van der Waals surface area (Å²) in [5.74, 6) is 0.558.